The Morgan fingerprint density at radius 2 is 1.96 bits per heavy atom. The molecule has 1 heterocycles. The molecule has 0 aliphatic rings. The molecule has 0 spiro atoms. The van der Waals surface area contributed by atoms with Crippen molar-refractivity contribution in [1.29, 1.82) is 0 Å². The van der Waals surface area contributed by atoms with Gasteiger partial charge in [-0.25, -0.2) is 9.37 Å². The molecule has 0 bridgehead atoms. The number of benzene rings is 1. The van der Waals surface area contributed by atoms with Crippen molar-refractivity contribution in [3.63, 3.8) is 0 Å². The predicted molar refractivity (Wildman–Crippen MR) is 88.1 cm³/mol. The highest BCUT2D eigenvalue weighted by Gasteiger charge is 2.22. The molecule has 23 heavy (non-hydrogen) atoms. The molecule has 1 aromatic heterocycles. The van der Waals surface area contributed by atoms with E-state index in [1.807, 2.05) is 20.8 Å². The van der Waals surface area contributed by atoms with Crippen LogP contribution in [-0.2, 0) is 4.79 Å². The summed E-state index contributed by atoms with van der Waals surface area (Å²) in [5, 5.41) is 3.18. The summed E-state index contributed by atoms with van der Waals surface area (Å²) >= 11 is 1.37. The molecule has 2 rings (SSSR count). The number of aryl methyl sites for hydroxylation is 1. The maximum Gasteiger partial charge on any atom is 0.254 e. The molecule has 0 radical (unpaired) electrons. The third-order valence-electron chi connectivity index (χ3n) is 3.16. The molecule has 1 N–H and O–H groups in total. The molecule has 1 aromatic carbocycles. The molecule has 0 aliphatic heterocycles. The van der Waals surface area contributed by atoms with Gasteiger partial charge in [0.25, 0.3) is 5.91 Å². The summed E-state index contributed by atoms with van der Waals surface area (Å²) in [5.41, 5.74) is 0.345. The van der Waals surface area contributed by atoms with Crippen LogP contribution >= 0.6 is 11.3 Å². The topological polar surface area (TPSA) is 62.3 Å². The van der Waals surface area contributed by atoms with E-state index in [9.17, 15) is 14.0 Å². The fraction of sp³-hybridized carbons (Fsp3) is 0.312. The zero-order valence-corrected chi connectivity index (χ0v) is 14.0. The van der Waals surface area contributed by atoms with Crippen molar-refractivity contribution in [3.8, 4) is 0 Å². The third-order valence-corrected chi connectivity index (χ3v) is 3.99. The minimum Gasteiger partial charge on any atom is -0.327 e. The number of carbonyl (C=O) groups is 2. The highest BCUT2D eigenvalue weighted by molar-refractivity contribution is 7.15. The van der Waals surface area contributed by atoms with Gasteiger partial charge in [-0.05, 0) is 45.0 Å². The lowest BCUT2D eigenvalue weighted by atomic mass is 10.1. The van der Waals surface area contributed by atoms with E-state index in [4.69, 9.17) is 0 Å². The molecule has 0 atom stereocenters. The molecular formula is C16H18FN3O2S. The Balaban J connectivity index is 2.07. The third kappa shape index (κ3) is 4.59. The van der Waals surface area contributed by atoms with E-state index in [1.54, 1.807) is 6.20 Å². The first-order valence-corrected chi connectivity index (χ1v) is 7.97. The van der Waals surface area contributed by atoms with Gasteiger partial charge in [0, 0.05) is 22.7 Å². The molecule has 0 fully saturated rings. The van der Waals surface area contributed by atoms with Crippen LogP contribution in [0.25, 0.3) is 0 Å². The summed E-state index contributed by atoms with van der Waals surface area (Å²) in [7, 11) is 0. The fourth-order valence-electron chi connectivity index (χ4n) is 1.97. The van der Waals surface area contributed by atoms with Crippen LogP contribution in [0.5, 0.6) is 0 Å². The maximum atomic E-state index is 13.0. The van der Waals surface area contributed by atoms with E-state index < -0.39 is 5.82 Å². The largest absolute Gasteiger partial charge is 0.327 e. The first-order valence-electron chi connectivity index (χ1n) is 7.15. The average Bonchev–Trinajstić information content (AvgIpc) is 2.89. The quantitative estimate of drug-likeness (QED) is 0.913. The molecule has 5 nitrogen and oxygen atoms in total. The summed E-state index contributed by atoms with van der Waals surface area (Å²) in [6.07, 6.45) is 1.67. The van der Waals surface area contributed by atoms with Crippen LogP contribution < -0.4 is 5.32 Å². The van der Waals surface area contributed by atoms with Crippen molar-refractivity contribution in [2.24, 2.45) is 0 Å². The van der Waals surface area contributed by atoms with Crippen molar-refractivity contribution in [1.82, 2.24) is 9.88 Å². The second-order valence-corrected chi connectivity index (χ2v) is 6.59. The Bertz CT molecular complexity index is 698. The molecule has 7 heteroatoms. The minimum atomic E-state index is -0.408. The Morgan fingerprint density at radius 1 is 1.30 bits per heavy atom. The Kier molecular flexibility index (Phi) is 5.44. The molecule has 0 saturated heterocycles. The highest BCUT2D eigenvalue weighted by atomic mass is 32.1. The smallest absolute Gasteiger partial charge is 0.254 e. The zero-order valence-electron chi connectivity index (χ0n) is 13.2. The van der Waals surface area contributed by atoms with Crippen LogP contribution in [0.1, 0.15) is 29.1 Å². The lowest BCUT2D eigenvalue weighted by molar-refractivity contribution is -0.117. The number of anilines is 1. The van der Waals surface area contributed by atoms with Crippen LogP contribution in [0.15, 0.2) is 30.5 Å². The zero-order chi connectivity index (χ0) is 17.0. The Morgan fingerprint density at radius 3 is 2.48 bits per heavy atom. The van der Waals surface area contributed by atoms with Gasteiger partial charge in [-0.2, -0.15) is 0 Å². The SMILES string of the molecule is Cc1cnc(NC(=O)CN(C(=O)c2ccc(F)cc2)C(C)C)s1. The van der Waals surface area contributed by atoms with Crippen molar-refractivity contribution in [2.75, 3.05) is 11.9 Å². The molecule has 0 saturated carbocycles. The number of carbonyl (C=O) groups excluding carboxylic acids is 2. The number of nitrogens with one attached hydrogen (secondary N) is 1. The van der Waals surface area contributed by atoms with E-state index in [0.29, 0.717) is 10.7 Å². The van der Waals surface area contributed by atoms with Gasteiger partial charge in [0.05, 0.1) is 0 Å². The van der Waals surface area contributed by atoms with E-state index in [2.05, 4.69) is 10.3 Å². The normalized spacial score (nSPS) is 10.7. The number of nitrogens with zero attached hydrogens (tertiary/aromatic N) is 2. The Hall–Kier alpha value is -2.28. The van der Waals surface area contributed by atoms with Crippen LogP contribution in [0.3, 0.4) is 0 Å². The number of aromatic nitrogens is 1. The van der Waals surface area contributed by atoms with E-state index >= 15 is 0 Å². The standard InChI is InChI=1S/C16H18FN3O2S/c1-10(2)20(15(22)12-4-6-13(17)7-5-12)9-14(21)19-16-18-8-11(3)23-16/h4-8,10H,9H2,1-3H3,(H,18,19,21). The first kappa shape index (κ1) is 17.1. The van der Waals surface area contributed by atoms with Crippen molar-refractivity contribution in [3.05, 3.63) is 46.7 Å². The number of halogens is 1. The second kappa shape index (κ2) is 7.32. The molecule has 0 unspecified atom stereocenters. The van der Waals surface area contributed by atoms with Gasteiger partial charge in [-0.3, -0.25) is 9.59 Å². The van der Waals surface area contributed by atoms with Crippen LogP contribution in [0, 0.1) is 12.7 Å². The average molecular weight is 335 g/mol. The highest BCUT2D eigenvalue weighted by Crippen LogP contribution is 2.17. The van der Waals surface area contributed by atoms with Crippen LogP contribution in [-0.4, -0.2) is 34.3 Å². The summed E-state index contributed by atoms with van der Waals surface area (Å²) in [5.74, 6) is -1.04. The van der Waals surface area contributed by atoms with Gasteiger partial charge in [-0.15, -0.1) is 11.3 Å². The van der Waals surface area contributed by atoms with E-state index in [0.717, 1.165) is 4.88 Å². The van der Waals surface area contributed by atoms with Gasteiger partial charge in [0.1, 0.15) is 12.4 Å². The first-order chi connectivity index (χ1) is 10.9. The van der Waals surface area contributed by atoms with Crippen molar-refractivity contribution in [2.45, 2.75) is 26.8 Å². The van der Waals surface area contributed by atoms with Gasteiger partial charge >= 0.3 is 0 Å². The van der Waals surface area contributed by atoms with Crippen LogP contribution in [0.2, 0.25) is 0 Å². The predicted octanol–water partition coefficient (Wildman–Crippen LogP) is 3.08. The monoisotopic (exact) mass is 335 g/mol. The second-order valence-electron chi connectivity index (χ2n) is 5.36. The van der Waals surface area contributed by atoms with Gasteiger partial charge < -0.3 is 10.2 Å². The molecule has 0 aliphatic carbocycles. The van der Waals surface area contributed by atoms with Crippen LogP contribution in [0.4, 0.5) is 9.52 Å². The number of amides is 2. The summed E-state index contributed by atoms with van der Waals surface area (Å²) in [4.78, 5) is 31.1. The number of hydrogen-bond donors (Lipinski definition) is 1. The van der Waals surface area contributed by atoms with E-state index in [-0.39, 0.29) is 24.4 Å². The lowest BCUT2D eigenvalue weighted by Crippen LogP contribution is -2.42. The molecular weight excluding hydrogens is 317 g/mol. The fourth-order valence-corrected chi connectivity index (χ4v) is 2.65. The summed E-state index contributed by atoms with van der Waals surface area (Å²) < 4.78 is 13.0. The molecule has 2 aromatic rings. The lowest BCUT2D eigenvalue weighted by Gasteiger charge is -2.26. The summed E-state index contributed by atoms with van der Waals surface area (Å²) in [6.45, 7) is 5.45. The minimum absolute atomic E-state index is 0.0908. The van der Waals surface area contributed by atoms with Gasteiger partial charge in [0.2, 0.25) is 5.91 Å². The van der Waals surface area contributed by atoms with Crippen molar-refractivity contribution >= 4 is 28.3 Å². The van der Waals surface area contributed by atoms with E-state index in [1.165, 1.54) is 40.5 Å². The molecule has 2 amide bonds. The number of thiazole rings is 1. The Labute approximate surface area is 138 Å². The number of rotatable bonds is 5. The maximum absolute atomic E-state index is 13.0. The van der Waals surface area contributed by atoms with Crippen molar-refractivity contribution < 1.29 is 14.0 Å². The number of hydrogen-bond acceptors (Lipinski definition) is 4. The summed E-state index contributed by atoms with van der Waals surface area (Å²) in [6, 6.07) is 5.11. The van der Waals surface area contributed by atoms with Gasteiger partial charge in [-0.1, -0.05) is 0 Å². The molecule has 122 valence electrons. The van der Waals surface area contributed by atoms with Gasteiger partial charge in [0.15, 0.2) is 5.13 Å².